The number of carbonyl (C=O) groups is 1. The number of para-hydroxylation sites is 1. The number of hydrogen-bond acceptors (Lipinski definition) is 2. The molecule has 15 heavy (non-hydrogen) atoms. The third-order valence-corrected chi connectivity index (χ3v) is 2.68. The highest BCUT2D eigenvalue weighted by molar-refractivity contribution is 5.61. The van der Waals surface area contributed by atoms with Gasteiger partial charge in [0.2, 0.25) is 0 Å². The van der Waals surface area contributed by atoms with E-state index in [4.69, 9.17) is 4.79 Å². The average molecular weight is 205 g/mol. The summed E-state index contributed by atoms with van der Waals surface area (Å²) in [7, 11) is 2.16. The predicted octanol–water partition coefficient (Wildman–Crippen LogP) is 2.62. The van der Waals surface area contributed by atoms with E-state index >= 15 is 0 Å². The van der Waals surface area contributed by atoms with Crippen molar-refractivity contribution in [2.24, 2.45) is 0 Å². The molecule has 0 N–H and O–H groups in total. The highest BCUT2D eigenvalue weighted by atomic mass is 16.1. The van der Waals surface area contributed by atoms with E-state index in [2.05, 4.69) is 50.1 Å². The summed E-state index contributed by atoms with van der Waals surface area (Å²) in [5.74, 6) is 0. The summed E-state index contributed by atoms with van der Waals surface area (Å²) < 4.78 is 0. The van der Waals surface area contributed by atoms with Gasteiger partial charge in [0.15, 0.2) is 0 Å². The van der Waals surface area contributed by atoms with Gasteiger partial charge in [-0.1, -0.05) is 32.0 Å². The Hall–Kier alpha value is -1.31. The van der Waals surface area contributed by atoms with Gasteiger partial charge in [0.1, 0.15) is 6.29 Å². The van der Waals surface area contributed by atoms with Crippen LogP contribution in [-0.2, 0) is 10.2 Å². The number of carbonyl (C=O) groups excluding carboxylic acids is 1. The summed E-state index contributed by atoms with van der Waals surface area (Å²) >= 11 is 0. The van der Waals surface area contributed by atoms with Crippen LogP contribution in [-0.4, -0.2) is 19.9 Å². The van der Waals surface area contributed by atoms with Gasteiger partial charge in [0, 0.05) is 24.7 Å². The zero-order chi connectivity index (χ0) is 11.5. The Morgan fingerprint density at radius 1 is 1.33 bits per heavy atom. The first-order valence-electron chi connectivity index (χ1n) is 5.23. The van der Waals surface area contributed by atoms with Crippen LogP contribution in [0.3, 0.4) is 0 Å². The molecule has 0 aromatic heterocycles. The molecule has 0 saturated heterocycles. The third-order valence-electron chi connectivity index (χ3n) is 2.68. The first kappa shape index (κ1) is 11.8. The van der Waals surface area contributed by atoms with Crippen molar-refractivity contribution in [2.45, 2.75) is 26.2 Å². The lowest BCUT2D eigenvalue weighted by molar-refractivity contribution is -0.106. The molecule has 82 valence electrons. The lowest BCUT2D eigenvalue weighted by Gasteiger charge is -2.18. The fourth-order valence-corrected chi connectivity index (χ4v) is 2.14. The third kappa shape index (κ3) is 2.38. The molecule has 1 aliphatic heterocycles. The normalized spacial score (nSPS) is 16.4. The van der Waals surface area contributed by atoms with Gasteiger partial charge in [-0.05, 0) is 18.6 Å². The Morgan fingerprint density at radius 2 is 1.87 bits per heavy atom. The fourth-order valence-electron chi connectivity index (χ4n) is 2.14. The van der Waals surface area contributed by atoms with Crippen LogP contribution >= 0.6 is 0 Å². The topological polar surface area (TPSA) is 20.3 Å². The minimum atomic E-state index is 0.325. The van der Waals surface area contributed by atoms with Crippen LogP contribution < -0.4 is 4.90 Å². The van der Waals surface area contributed by atoms with E-state index < -0.39 is 0 Å². The number of nitrogens with zero attached hydrogens (tertiary/aromatic N) is 1. The van der Waals surface area contributed by atoms with Crippen LogP contribution in [0, 0.1) is 0 Å². The molecule has 1 aromatic carbocycles. The Kier molecular flexibility index (Phi) is 3.51. The molecule has 0 aliphatic carbocycles. The largest absolute Gasteiger partial charge is 0.373 e. The van der Waals surface area contributed by atoms with Gasteiger partial charge in [0.05, 0.1) is 0 Å². The average Bonchev–Trinajstić information content (AvgIpc) is 2.40. The number of rotatable bonds is 0. The number of benzene rings is 1. The molecule has 0 unspecified atom stereocenters. The van der Waals surface area contributed by atoms with Crippen molar-refractivity contribution < 1.29 is 4.79 Å². The lowest BCUT2D eigenvalue weighted by Crippen LogP contribution is -2.24. The molecule has 2 heteroatoms. The van der Waals surface area contributed by atoms with E-state index in [0.29, 0.717) is 5.41 Å². The minimum absolute atomic E-state index is 0.325. The quantitative estimate of drug-likeness (QED) is 0.607. The highest BCUT2D eigenvalue weighted by Gasteiger charge is 2.32. The minimum Gasteiger partial charge on any atom is -0.373 e. The first-order valence-corrected chi connectivity index (χ1v) is 5.23. The molecule has 0 bridgehead atoms. The molecule has 0 radical (unpaired) electrons. The number of fused-ring (bicyclic) bond motifs is 1. The van der Waals surface area contributed by atoms with Crippen molar-refractivity contribution in [3.05, 3.63) is 29.8 Å². The van der Waals surface area contributed by atoms with Gasteiger partial charge in [0.25, 0.3) is 0 Å². The highest BCUT2D eigenvalue weighted by Crippen LogP contribution is 2.38. The number of likely N-dealkylation sites (N-methyl/N-ethyl adjacent to an activating group) is 1. The Bertz CT molecular complexity index is 344. The van der Waals surface area contributed by atoms with E-state index in [1.807, 2.05) is 0 Å². The maximum absolute atomic E-state index is 8.81. The van der Waals surface area contributed by atoms with E-state index in [-0.39, 0.29) is 0 Å². The van der Waals surface area contributed by atoms with Crippen LogP contribution in [0.15, 0.2) is 24.3 Å². The summed E-state index contributed by atoms with van der Waals surface area (Å²) in [6, 6.07) is 8.67. The summed E-state index contributed by atoms with van der Waals surface area (Å²) in [5.41, 5.74) is 3.20. The van der Waals surface area contributed by atoms with Crippen molar-refractivity contribution >= 4 is 12.0 Å². The number of anilines is 1. The van der Waals surface area contributed by atoms with Crippen molar-refractivity contribution in [1.29, 1.82) is 0 Å². The molecule has 1 heterocycles. The molecule has 0 amide bonds. The number of aldehydes is 1. The van der Waals surface area contributed by atoms with Crippen LogP contribution in [0.25, 0.3) is 0 Å². The molecule has 0 saturated carbocycles. The van der Waals surface area contributed by atoms with Crippen molar-refractivity contribution in [1.82, 2.24) is 0 Å². The standard InChI is InChI=1S/C11H15N.C2H4O/c1-11(2)8-12(3)10-7-5-4-6-9(10)11;1-2-3/h4-7H,8H2,1-3H3;2H,1H3. The van der Waals surface area contributed by atoms with Crippen LogP contribution in [0.5, 0.6) is 0 Å². The van der Waals surface area contributed by atoms with Crippen molar-refractivity contribution in [3.63, 3.8) is 0 Å². The Morgan fingerprint density at radius 3 is 2.40 bits per heavy atom. The SMILES string of the molecule is CC=O.CN1CC(C)(C)c2ccccc21. The zero-order valence-corrected chi connectivity index (χ0v) is 9.95. The maximum Gasteiger partial charge on any atom is 0.116 e. The molecular formula is C13H19NO. The van der Waals surface area contributed by atoms with Crippen molar-refractivity contribution in [2.75, 3.05) is 18.5 Å². The molecule has 0 fully saturated rings. The van der Waals surface area contributed by atoms with Gasteiger partial charge in [-0.25, -0.2) is 0 Å². The molecule has 2 rings (SSSR count). The van der Waals surface area contributed by atoms with Crippen LogP contribution in [0.2, 0.25) is 0 Å². The second kappa shape index (κ2) is 4.47. The monoisotopic (exact) mass is 205 g/mol. The van der Waals surface area contributed by atoms with E-state index in [1.165, 1.54) is 18.2 Å². The summed E-state index contributed by atoms with van der Waals surface area (Å²) in [6.45, 7) is 7.18. The predicted molar refractivity (Wildman–Crippen MR) is 64.5 cm³/mol. The molecule has 0 spiro atoms. The molecule has 1 aliphatic rings. The van der Waals surface area contributed by atoms with E-state index in [1.54, 1.807) is 0 Å². The van der Waals surface area contributed by atoms with E-state index in [0.717, 1.165) is 12.8 Å². The number of hydrogen-bond donors (Lipinski definition) is 0. The molecule has 0 atom stereocenters. The molecule has 2 nitrogen and oxygen atoms in total. The first-order chi connectivity index (χ1) is 7.03. The molecular weight excluding hydrogens is 186 g/mol. The zero-order valence-electron chi connectivity index (χ0n) is 9.95. The van der Waals surface area contributed by atoms with E-state index in [9.17, 15) is 0 Å². The Balaban J connectivity index is 0.000000337. The summed E-state index contributed by atoms with van der Waals surface area (Å²) in [5, 5.41) is 0. The van der Waals surface area contributed by atoms with Gasteiger partial charge in [-0.15, -0.1) is 0 Å². The van der Waals surface area contributed by atoms with Crippen LogP contribution in [0.4, 0.5) is 5.69 Å². The van der Waals surface area contributed by atoms with Gasteiger partial charge in [-0.2, -0.15) is 0 Å². The van der Waals surface area contributed by atoms with Gasteiger partial charge in [-0.3, -0.25) is 0 Å². The van der Waals surface area contributed by atoms with Gasteiger partial charge < -0.3 is 9.69 Å². The van der Waals surface area contributed by atoms with Crippen LogP contribution in [0.1, 0.15) is 26.3 Å². The maximum atomic E-state index is 8.81. The summed E-state index contributed by atoms with van der Waals surface area (Å²) in [4.78, 5) is 11.1. The van der Waals surface area contributed by atoms with Crippen molar-refractivity contribution in [3.8, 4) is 0 Å². The second-order valence-corrected chi connectivity index (χ2v) is 4.49. The smallest absolute Gasteiger partial charge is 0.116 e. The fraction of sp³-hybridized carbons (Fsp3) is 0.462. The molecule has 1 aromatic rings. The van der Waals surface area contributed by atoms with Gasteiger partial charge >= 0.3 is 0 Å². The Labute approximate surface area is 91.9 Å². The lowest BCUT2D eigenvalue weighted by atomic mass is 9.87. The second-order valence-electron chi connectivity index (χ2n) is 4.49. The summed E-state index contributed by atoms with van der Waals surface area (Å²) in [6.07, 6.45) is 0.750.